The van der Waals surface area contributed by atoms with E-state index in [0.717, 1.165) is 23.4 Å². The molecule has 3 aromatic rings. The van der Waals surface area contributed by atoms with Gasteiger partial charge in [-0.3, -0.25) is 9.59 Å². The van der Waals surface area contributed by atoms with Gasteiger partial charge in [-0.15, -0.1) is 0 Å². The predicted octanol–water partition coefficient (Wildman–Crippen LogP) is 2.92. The highest BCUT2D eigenvalue weighted by atomic mass is 32.2. The highest BCUT2D eigenvalue weighted by Crippen LogP contribution is 2.25. The van der Waals surface area contributed by atoms with Gasteiger partial charge in [0.25, 0.3) is 0 Å². The zero-order valence-electron chi connectivity index (χ0n) is 16.2. The van der Waals surface area contributed by atoms with E-state index in [2.05, 4.69) is 15.6 Å². The molecule has 0 aliphatic rings. The van der Waals surface area contributed by atoms with Gasteiger partial charge in [0.2, 0.25) is 11.8 Å². The maximum atomic E-state index is 13.6. The SMILES string of the molecule is CC(Sc1nc(-c2ccccc2)cn1N)C(=O)NCC(=O)Nc1ccc(F)c(F)c1F. The molecule has 0 fully saturated rings. The smallest absolute Gasteiger partial charge is 0.243 e. The quantitative estimate of drug-likeness (QED) is 0.293. The second kappa shape index (κ2) is 9.56. The van der Waals surface area contributed by atoms with Gasteiger partial charge in [-0.05, 0) is 19.1 Å². The number of halogens is 3. The van der Waals surface area contributed by atoms with Crippen molar-refractivity contribution in [1.82, 2.24) is 15.0 Å². The number of hydrogen-bond donors (Lipinski definition) is 3. The number of benzene rings is 2. The molecule has 0 aliphatic heterocycles. The predicted molar refractivity (Wildman–Crippen MR) is 111 cm³/mol. The number of hydrogen-bond acceptors (Lipinski definition) is 5. The molecule has 4 N–H and O–H groups in total. The zero-order chi connectivity index (χ0) is 22.5. The van der Waals surface area contributed by atoms with E-state index in [4.69, 9.17) is 5.84 Å². The Bertz CT molecular complexity index is 1110. The molecular formula is C20H18F3N5O2S. The highest BCUT2D eigenvalue weighted by molar-refractivity contribution is 8.00. The average molecular weight is 449 g/mol. The van der Waals surface area contributed by atoms with Gasteiger partial charge < -0.3 is 16.5 Å². The van der Waals surface area contributed by atoms with E-state index in [-0.39, 0.29) is 0 Å². The average Bonchev–Trinajstić information content (AvgIpc) is 3.13. The summed E-state index contributed by atoms with van der Waals surface area (Å²) in [5.41, 5.74) is 0.983. The van der Waals surface area contributed by atoms with Crippen LogP contribution in [0.4, 0.5) is 18.9 Å². The number of amides is 2. The maximum absolute atomic E-state index is 13.6. The number of nitrogen functional groups attached to an aromatic ring is 1. The number of anilines is 1. The van der Waals surface area contributed by atoms with Crippen LogP contribution >= 0.6 is 11.8 Å². The summed E-state index contributed by atoms with van der Waals surface area (Å²) in [7, 11) is 0. The lowest BCUT2D eigenvalue weighted by Gasteiger charge is -2.12. The standard InChI is InChI=1S/C20H18F3N5O2S/c1-11(31-20-27-15(10-28(20)24)12-5-3-2-4-6-12)19(30)25-9-16(29)26-14-8-7-13(21)17(22)18(14)23/h2-8,10-11H,9,24H2,1H3,(H,25,30)(H,26,29). The van der Waals surface area contributed by atoms with Gasteiger partial charge in [0.05, 0.1) is 29.4 Å². The van der Waals surface area contributed by atoms with Crippen molar-refractivity contribution in [1.29, 1.82) is 0 Å². The summed E-state index contributed by atoms with van der Waals surface area (Å²) >= 11 is 1.09. The molecule has 0 saturated carbocycles. The molecule has 1 atom stereocenters. The summed E-state index contributed by atoms with van der Waals surface area (Å²) in [5.74, 6) is 0.0348. The lowest BCUT2D eigenvalue weighted by atomic mass is 10.2. The van der Waals surface area contributed by atoms with Crippen molar-refractivity contribution in [2.45, 2.75) is 17.3 Å². The van der Waals surface area contributed by atoms with Crippen LogP contribution in [-0.4, -0.2) is 33.3 Å². The molecule has 2 amide bonds. The molecular weight excluding hydrogens is 431 g/mol. The Morgan fingerprint density at radius 3 is 2.55 bits per heavy atom. The van der Waals surface area contributed by atoms with Crippen LogP contribution in [0.15, 0.2) is 53.8 Å². The molecule has 0 radical (unpaired) electrons. The summed E-state index contributed by atoms with van der Waals surface area (Å²) in [6.45, 7) is 1.11. The van der Waals surface area contributed by atoms with Gasteiger partial charge in [-0.1, -0.05) is 42.1 Å². The molecule has 0 bridgehead atoms. The van der Waals surface area contributed by atoms with E-state index in [1.807, 2.05) is 30.3 Å². The topological polar surface area (TPSA) is 102 Å². The minimum absolute atomic E-state index is 0.398. The molecule has 0 aliphatic carbocycles. The molecule has 1 aromatic heterocycles. The van der Waals surface area contributed by atoms with Crippen LogP contribution in [0, 0.1) is 17.5 Å². The zero-order valence-corrected chi connectivity index (χ0v) is 17.1. The van der Waals surface area contributed by atoms with E-state index in [9.17, 15) is 22.8 Å². The Hall–Kier alpha value is -3.47. The van der Waals surface area contributed by atoms with Gasteiger partial charge in [-0.25, -0.2) is 22.8 Å². The van der Waals surface area contributed by atoms with Crippen molar-refractivity contribution < 1.29 is 22.8 Å². The number of rotatable bonds is 7. The van der Waals surface area contributed by atoms with Gasteiger partial charge >= 0.3 is 0 Å². The lowest BCUT2D eigenvalue weighted by molar-refractivity contribution is -0.123. The minimum atomic E-state index is -1.70. The van der Waals surface area contributed by atoms with Gasteiger partial charge in [0.15, 0.2) is 22.6 Å². The fourth-order valence-electron chi connectivity index (χ4n) is 2.55. The Kier molecular flexibility index (Phi) is 6.85. The van der Waals surface area contributed by atoms with Crippen LogP contribution in [-0.2, 0) is 9.59 Å². The van der Waals surface area contributed by atoms with Crippen molar-refractivity contribution in [3.63, 3.8) is 0 Å². The normalized spacial score (nSPS) is 11.7. The van der Waals surface area contributed by atoms with E-state index < -0.39 is 46.7 Å². The summed E-state index contributed by atoms with van der Waals surface area (Å²) < 4.78 is 41.1. The van der Waals surface area contributed by atoms with Crippen LogP contribution in [0.1, 0.15) is 6.92 Å². The monoisotopic (exact) mass is 449 g/mol. The fraction of sp³-hybridized carbons (Fsp3) is 0.150. The number of nitrogens with zero attached hydrogens (tertiary/aromatic N) is 2. The summed E-state index contributed by atoms with van der Waals surface area (Å²) in [6, 6.07) is 10.9. The van der Waals surface area contributed by atoms with Crippen molar-refractivity contribution in [2.24, 2.45) is 0 Å². The van der Waals surface area contributed by atoms with E-state index in [1.165, 1.54) is 4.68 Å². The number of imidazole rings is 1. The Morgan fingerprint density at radius 1 is 1.13 bits per heavy atom. The number of nitrogens with one attached hydrogen (secondary N) is 2. The minimum Gasteiger partial charge on any atom is -0.346 e. The molecule has 162 valence electrons. The van der Waals surface area contributed by atoms with Crippen molar-refractivity contribution in [3.05, 3.63) is 66.1 Å². The maximum Gasteiger partial charge on any atom is 0.243 e. The number of aromatic nitrogens is 2. The first-order valence-corrected chi connectivity index (χ1v) is 9.92. The first kappa shape index (κ1) is 22.2. The molecule has 11 heteroatoms. The molecule has 1 unspecified atom stereocenters. The summed E-state index contributed by atoms with van der Waals surface area (Å²) in [4.78, 5) is 28.6. The van der Waals surface area contributed by atoms with Crippen LogP contribution in [0.5, 0.6) is 0 Å². The Balaban J connectivity index is 1.55. The van der Waals surface area contributed by atoms with E-state index >= 15 is 0 Å². The number of thioether (sulfide) groups is 1. The highest BCUT2D eigenvalue weighted by Gasteiger charge is 2.20. The molecule has 2 aromatic carbocycles. The van der Waals surface area contributed by atoms with Crippen molar-refractivity contribution >= 4 is 29.3 Å². The Labute approximate surface area is 179 Å². The number of carbonyl (C=O) groups excluding carboxylic acids is 2. The second-order valence-corrected chi connectivity index (χ2v) is 7.74. The van der Waals surface area contributed by atoms with Crippen LogP contribution in [0.3, 0.4) is 0 Å². The molecule has 7 nitrogen and oxygen atoms in total. The summed E-state index contributed by atoms with van der Waals surface area (Å²) in [5, 5.41) is 4.21. The van der Waals surface area contributed by atoms with Gasteiger partial charge in [0, 0.05) is 5.56 Å². The number of carbonyl (C=O) groups is 2. The first-order chi connectivity index (χ1) is 14.8. The Morgan fingerprint density at radius 2 is 1.84 bits per heavy atom. The lowest BCUT2D eigenvalue weighted by Crippen LogP contribution is -2.37. The van der Waals surface area contributed by atoms with E-state index in [0.29, 0.717) is 16.9 Å². The van der Waals surface area contributed by atoms with Gasteiger partial charge in [-0.2, -0.15) is 0 Å². The third kappa shape index (κ3) is 5.37. The number of nitrogens with two attached hydrogens (primary N) is 1. The van der Waals surface area contributed by atoms with Gasteiger partial charge in [0.1, 0.15) is 0 Å². The molecule has 1 heterocycles. The molecule has 31 heavy (non-hydrogen) atoms. The van der Waals surface area contributed by atoms with Crippen LogP contribution < -0.4 is 16.5 Å². The molecule has 3 rings (SSSR count). The first-order valence-electron chi connectivity index (χ1n) is 9.04. The van der Waals surface area contributed by atoms with E-state index in [1.54, 1.807) is 13.1 Å². The molecule has 0 spiro atoms. The van der Waals surface area contributed by atoms with Crippen molar-refractivity contribution in [2.75, 3.05) is 17.7 Å². The third-order valence-corrected chi connectivity index (χ3v) is 5.23. The molecule has 0 saturated heterocycles. The van der Waals surface area contributed by atoms with Crippen LogP contribution in [0.2, 0.25) is 0 Å². The second-order valence-electron chi connectivity index (χ2n) is 6.43. The third-order valence-electron chi connectivity index (χ3n) is 4.15. The van der Waals surface area contributed by atoms with Crippen LogP contribution in [0.25, 0.3) is 11.3 Å². The van der Waals surface area contributed by atoms with Crippen molar-refractivity contribution in [3.8, 4) is 11.3 Å². The fourth-order valence-corrected chi connectivity index (χ4v) is 3.38. The largest absolute Gasteiger partial charge is 0.346 e. The summed E-state index contributed by atoms with van der Waals surface area (Å²) in [6.07, 6.45) is 1.63.